The predicted molar refractivity (Wildman–Crippen MR) is 99.3 cm³/mol. The molecule has 1 aromatic heterocycles. The molecule has 0 radical (unpaired) electrons. The number of nitriles is 1. The zero-order valence-electron chi connectivity index (χ0n) is 14.3. The summed E-state index contributed by atoms with van der Waals surface area (Å²) in [5.41, 5.74) is 8.15. The smallest absolute Gasteiger partial charge is 0.118 e. The van der Waals surface area contributed by atoms with Crippen LogP contribution < -0.4 is 10.5 Å². The Morgan fingerprint density at radius 1 is 1.28 bits per heavy atom. The zero-order chi connectivity index (χ0) is 17.9. The number of ether oxygens (including phenoxy) is 1. The van der Waals surface area contributed by atoms with Gasteiger partial charge in [0.15, 0.2) is 0 Å². The molecular formula is C20H20N4O. The summed E-state index contributed by atoms with van der Waals surface area (Å²) < 4.78 is 7.20. The predicted octanol–water partition coefficient (Wildman–Crippen LogP) is 3.86. The van der Waals surface area contributed by atoms with E-state index in [4.69, 9.17) is 15.7 Å². The summed E-state index contributed by atoms with van der Waals surface area (Å²) in [6.45, 7) is 2.08. The Bertz CT molecular complexity index is 950. The first-order chi connectivity index (χ1) is 12.2. The number of nitrogen functional groups attached to an aromatic ring is 1. The number of allylic oxidation sites excluding steroid dienone is 2. The Kier molecular flexibility index (Phi) is 4.44. The third kappa shape index (κ3) is 2.72. The van der Waals surface area contributed by atoms with Gasteiger partial charge in [0.2, 0.25) is 0 Å². The van der Waals surface area contributed by atoms with Crippen molar-refractivity contribution < 1.29 is 4.74 Å². The highest BCUT2D eigenvalue weighted by atomic mass is 16.5. The fourth-order valence-electron chi connectivity index (χ4n) is 3.21. The highest BCUT2D eigenvalue weighted by molar-refractivity contribution is 5.90. The van der Waals surface area contributed by atoms with Crippen LogP contribution >= 0.6 is 0 Å². The van der Waals surface area contributed by atoms with Gasteiger partial charge in [-0.2, -0.15) is 10.4 Å². The van der Waals surface area contributed by atoms with E-state index < -0.39 is 5.54 Å². The minimum Gasteiger partial charge on any atom is -0.497 e. The quantitative estimate of drug-likeness (QED) is 0.568. The van der Waals surface area contributed by atoms with Crippen LogP contribution in [0.5, 0.6) is 5.75 Å². The molecule has 3 aromatic rings. The second kappa shape index (κ2) is 6.70. The molecule has 0 saturated heterocycles. The normalized spacial score (nSPS) is 13.6. The molecule has 0 amide bonds. The largest absolute Gasteiger partial charge is 0.497 e. The summed E-state index contributed by atoms with van der Waals surface area (Å²) >= 11 is 0. The van der Waals surface area contributed by atoms with Gasteiger partial charge in [0, 0.05) is 17.1 Å². The average molecular weight is 332 g/mol. The second-order valence-corrected chi connectivity index (χ2v) is 5.81. The van der Waals surface area contributed by atoms with Crippen LogP contribution in [0, 0.1) is 11.3 Å². The van der Waals surface area contributed by atoms with Gasteiger partial charge in [-0.25, -0.2) is 0 Å². The van der Waals surface area contributed by atoms with Crippen molar-refractivity contribution in [2.75, 3.05) is 12.8 Å². The van der Waals surface area contributed by atoms with Gasteiger partial charge in [-0.05, 0) is 42.3 Å². The lowest BCUT2D eigenvalue weighted by Gasteiger charge is -2.31. The molecule has 0 saturated carbocycles. The molecule has 2 aromatic carbocycles. The molecule has 3 rings (SSSR count). The maximum Gasteiger partial charge on any atom is 0.118 e. The number of anilines is 1. The summed E-state index contributed by atoms with van der Waals surface area (Å²) in [7, 11) is 1.64. The van der Waals surface area contributed by atoms with Gasteiger partial charge < -0.3 is 10.5 Å². The number of nitrogens with two attached hydrogens (primary N) is 1. The summed E-state index contributed by atoms with van der Waals surface area (Å²) in [6, 6.07) is 15.7. The lowest BCUT2D eigenvalue weighted by Crippen LogP contribution is -2.33. The Morgan fingerprint density at radius 3 is 2.68 bits per heavy atom. The van der Waals surface area contributed by atoms with Crippen LogP contribution in [0.25, 0.3) is 10.9 Å². The topological polar surface area (TPSA) is 76.9 Å². The van der Waals surface area contributed by atoms with Crippen LogP contribution in [0.2, 0.25) is 0 Å². The lowest BCUT2D eigenvalue weighted by atomic mass is 9.86. The molecule has 126 valence electrons. The molecule has 5 nitrogen and oxygen atoms in total. The average Bonchev–Trinajstić information content (AvgIpc) is 3.09. The number of benzene rings is 2. The molecule has 2 N–H and O–H groups in total. The van der Waals surface area contributed by atoms with Gasteiger partial charge in [0.25, 0.3) is 0 Å². The van der Waals surface area contributed by atoms with Crippen molar-refractivity contribution in [3.63, 3.8) is 0 Å². The SMILES string of the molecule is CCC(C=CC#N)(c1ccc(OC)cc1)n1ncc2c(N)cccc21. The van der Waals surface area contributed by atoms with E-state index in [0.29, 0.717) is 5.69 Å². The third-order valence-electron chi connectivity index (χ3n) is 4.59. The van der Waals surface area contributed by atoms with Crippen LogP contribution in [0.3, 0.4) is 0 Å². The van der Waals surface area contributed by atoms with Crippen LogP contribution in [-0.2, 0) is 5.54 Å². The molecule has 5 heteroatoms. The molecule has 0 aliphatic rings. The zero-order valence-corrected chi connectivity index (χ0v) is 14.3. The molecule has 1 heterocycles. The summed E-state index contributed by atoms with van der Waals surface area (Å²) in [4.78, 5) is 0. The first kappa shape index (κ1) is 16.6. The highest BCUT2D eigenvalue weighted by Gasteiger charge is 2.32. The summed E-state index contributed by atoms with van der Waals surface area (Å²) in [5.74, 6) is 0.785. The van der Waals surface area contributed by atoms with Gasteiger partial charge in [0.1, 0.15) is 11.3 Å². The van der Waals surface area contributed by atoms with Crippen molar-refractivity contribution in [2.24, 2.45) is 0 Å². The highest BCUT2D eigenvalue weighted by Crippen LogP contribution is 2.36. The summed E-state index contributed by atoms with van der Waals surface area (Å²) in [6.07, 6.45) is 5.90. The van der Waals surface area contributed by atoms with E-state index in [9.17, 15) is 0 Å². The van der Waals surface area contributed by atoms with Crippen molar-refractivity contribution in [3.8, 4) is 11.8 Å². The molecule has 0 bridgehead atoms. The van der Waals surface area contributed by atoms with E-state index in [2.05, 4.69) is 18.1 Å². The van der Waals surface area contributed by atoms with Gasteiger partial charge in [-0.1, -0.05) is 25.1 Å². The van der Waals surface area contributed by atoms with E-state index in [0.717, 1.165) is 28.6 Å². The Labute approximate surface area is 146 Å². The molecule has 0 spiro atoms. The van der Waals surface area contributed by atoms with Gasteiger partial charge in [-0.15, -0.1) is 0 Å². The Balaban J connectivity index is 2.28. The van der Waals surface area contributed by atoms with Crippen molar-refractivity contribution in [2.45, 2.75) is 18.9 Å². The monoisotopic (exact) mass is 332 g/mol. The number of methoxy groups -OCH3 is 1. The molecule has 0 aliphatic carbocycles. The van der Waals surface area contributed by atoms with Crippen LogP contribution in [0.4, 0.5) is 5.69 Å². The molecular weight excluding hydrogens is 312 g/mol. The van der Waals surface area contributed by atoms with E-state index in [1.165, 1.54) is 6.08 Å². The fourth-order valence-corrected chi connectivity index (χ4v) is 3.21. The van der Waals surface area contributed by atoms with E-state index in [1.54, 1.807) is 13.3 Å². The van der Waals surface area contributed by atoms with E-state index in [1.807, 2.05) is 53.2 Å². The number of fused-ring (bicyclic) bond motifs is 1. The molecule has 1 unspecified atom stereocenters. The first-order valence-corrected chi connectivity index (χ1v) is 8.11. The van der Waals surface area contributed by atoms with Gasteiger partial charge >= 0.3 is 0 Å². The lowest BCUT2D eigenvalue weighted by molar-refractivity contribution is 0.398. The maximum atomic E-state index is 9.10. The van der Waals surface area contributed by atoms with Crippen LogP contribution in [-0.4, -0.2) is 16.9 Å². The number of nitrogens with zero attached hydrogens (tertiary/aromatic N) is 3. The van der Waals surface area contributed by atoms with Crippen molar-refractivity contribution in [1.29, 1.82) is 5.26 Å². The van der Waals surface area contributed by atoms with Crippen molar-refractivity contribution in [3.05, 3.63) is 66.4 Å². The number of aromatic nitrogens is 2. The Morgan fingerprint density at radius 2 is 2.04 bits per heavy atom. The fraction of sp³-hybridized carbons (Fsp3) is 0.200. The minimum absolute atomic E-state index is 0.586. The van der Waals surface area contributed by atoms with Crippen LogP contribution in [0.1, 0.15) is 18.9 Å². The minimum atomic E-state index is -0.586. The van der Waals surface area contributed by atoms with Gasteiger partial charge in [-0.3, -0.25) is 4.68 Å². The molecule has 1 atom stereocenters. The van der Waals surface area contributed by atoms with Gasteiger partial charge in [0.05, 0.1) is 24.9 Å². The van der Waals surface area contributed by atoms with E-state index >= 15 is 0 Å². The number of rotatable bonds is 5. The molecule has 0 aliphatic heterocycles. The summed E-state index contributed by atoms with van der Waals surface area (Å²) in [5, 5.41) is 14.6. The number of hydrogen-bond donors (Lipinski definition) is 1. The van der Waals surface area contributed by atoms with Crippen LogP contribution in [0.15, 0.2) is 60.8 Å². The third-order valence-corrected chi connectivity index (χ3v) is 4.59. The van der Waals surface area contributed by atoms with Crippen molar-refractivity contribution in [1.82, 2.24) is 9.78 Å². The van der Waals surface area contributed by atoms with Crippen molar-refractivity contribution >= 4 is 16.6 Å². The van der Waals surface area contributed by atoms with E-state index in [-0.39, 0.29) is 0 Å². The Hall–Kier alpha value is -3.26. The second-order valence-electron chi connectivity index (χ2n) is 5.81. The molecule has 0 fully saturated rings. The maximum absolute atomic E-state index is 9.10. The molecule has 25 heavy (non-hydrogen) atoms. The first-order valence-electron chi connectivity index (χ1n) is 8.11. The standard InChI is InChI=1S/C20H20N4O/c1-3-20(12-5-13-21,15-8-10-16(25-2)11-9-15)24-19-7-4-6-18(22)17(19)14-23-24/h4-12,14H,3,22H2,1-2H3. The number of hydrogen-bond acceptors (Lipinski definition) is 4.